The molecule has 0 spiro atoms. The Hall–Kier alpha value is -2.88. The van der Waals surface area contributed by atoms with Crippen molar-refractivity contribution in [2.45, 2.75) is 151 Å². The highest BCUT2D eigenvalue weighted by molar-refractivity contribution is 5.51. The maximum Gasteiger partial charge on any atom is 0.126 e. The maximum absolute atomic E-state index is 11.5. The van der Waals surface area contributed by atoms with Gasteiger partial charge in [0.2, 0.25) is 0 Å². The second-order valence-corrected chi connectivity index (χ2v) is 15.2. The van der Waals surface area contributed by atoms with E-state index in [2.05, 4.69) is 79.7 Å². The van der Waals surface area contributed by atoms with Crippen LogP contribution < -0.4 is 9.47 Å². The molecule has 1 aliphatic rings. The van der Waals surface area contributed by atoms with Crippen LogP contribution >= 0.6 is 0 Å². The molecule has 0 unspecified atom stereocenters. The molecule has 0 amide bonds. The van der Waals surface area contributed by atoms with Gasteiger partial charge in [-0.25, -0.2) is 0 Å². The first kappa shape index (κ1) is 39.6. The molecule has 1 fully saturated rings. The molecule has 4 nitrogen and oxygen atoms in total. The van der Waals surface area contributed by atoms with Crippen molar-refractivity contribution in [2.24, 2.45) is 17.8 Å². The average Bonchev–Trinajstić information content (AvgIpc) is 3.02. The topological polar surface area (TPSA) is 58.9 Å². The van der Waals surface area contributed by atoms with Crippen molar-refractivity contribution < 1.29 is 19.7 Å². The van der Waals surface area contributed by atoms with Gasteiger partial charge < -0.3 is 19.7 Å². The highest BCUT2D eigenvalue weighted by Crippen LogP contribution is 2.50. The van der Waals surface area contributed by atoms with Crippen molar-refractivity contribution in [3.63, 3.8) is 0 Å². The van der Waals surface area contributed by atoms with Gasteiger partial charge in [0, 0.05) is 11.1 Å². The second-order valence-electron chi connectivity index (χ2n) is 15.2. The minimum atomic E-state index is 0.282. The Balaban J connectivity index is 1.84. The van der Waals surface area contributed by atoms with E-state index in [1.165, 1.54) is 43.3 Å². The predicted octanol–water partition coefficient (Wildman–Crippen LogP) is 12.4. The number of allylic oxidation sites excluding steroid dienone is 4. The van der Waals surface area contributed by atoms with Crippen LogP contribution in [0.4, 0.5) is 0 Å². The molecule has 0 aromatic heterocycles. The van der Waals surface area contributed by atoms with Gasteiger partial charge in [-0.05, 0) is 138 Å². The van der Waals surface area contributed by atoms with Crippen LogP contribution in [0.2, 0.25) is 0 Å². The lowest BCUT2D eigenvalue weighted by Gasteiger charge is -2.38. The minimum Gasteiger partial charge on any atom is -0.508 e. The summed E-state index contributed by atoms with van der Waals surface area (Å²) < 4.78 is 13.0. The SMILES string of the molecule is CCCCCc1cc(O)c(C/C=C(\C)CCC=C(C)C)c(OCCOc2cc(CCCCC)cc(O)c2[C@@H]2C[C@H](C)CC[C@H]2C(C)C)c1. The van der Waals surface area contributed by atoms with Crippen molar-refractivity contribution >= 4 is 0 Å². The number of ether oxygens (including phenoxy) is 2. The zero-order chi connectivity index (χ0) is 35.1. The summed E-state index contributed by atoms with van der Waals surface area (Å²) in [6, 6.07) is 8.24. The van der Waals surface area contributed by atoms with Crippen molar-refractivity contribution in [3.8, 4) is 23.0 Å². The van der Waals surface area contributed by atoms with Crippen LogP contribution in [-0.2, 0) is 19.3 Å². The van der Waals surface area contributed by atoms with E-state index in [0.717, 1.165) is 85.1 Å². The Morgan fingerprint density at radius 2 is 1.42 bits per heavy atom. The summed E-state index contributed by atoms with van der Waals surface area (Å²) in [5, 5.41) is 22.7. The number of aryl methyl sites for hydroxylation is 2. The standard InChI is InChI=1S/C44H68O4/c1-9-11-13-18-35-27-40(45)38(23-20-33(7)17-15-16-31(3)4)42(29-35)47-24-25-48-43-30-36(19-14-12-10-2)28-41(46)44(43)39-26-34(8)21-22-37(39)32(5)6/h16,20,27-30,32,34,37,39,45-46H,9-15,17-19,21-26H2,1-8H3/b33-20+/t34-,37+,39-/m1/s1. The summed E-state index contributed by atoms with van der Waals surface area (Å²) in [5.41, 5.74) is 6.74. The summed E-state index contributed by atoms with van der Waals surface area (Å²) in [5.74, 6) is 4.25. The number of phenols is 2. The van der Waals surface area contributed by atoms with Gasteiger partial charge in [0.15, 0.2) is 0 Å². The molecule has 2 aromatic rings. The fraction of sp³-hybridized carbons (Fsp3) is 0.636. The third-order valence-electron chi connectivity index (χ3n) is 10.3. The molecule has 1 aliphatic carbocycles. The summed E-state index contributed by atoms with van der Waals surface area (Å²) >= 11 is 0. The first-order valence-corrected chi connectivity index (χ1v) is 19.3. The molecule has 0 heterocycles. The van der Waals surface area contributed by atoms with Crippen LogP contribution in [0.1, 0.15) is 154 Å². The Bertz CT molecular complexity index is 1320. The molecule has 0 bridgehead atoms. The highest BCUT2D eigenvalue weighted by Gasteiger charge is 2.35. The largest absolute Gasteiger partial charge is 0.508 e. The quantitative estimate of drug-likeness (QED) is 0.110. The third kappa shape index (κ3) is 12.5. The van der Waals surface area contributed by atoms with Crippen LogP contribution in [0.25, 0.3) is 0 Å². The Morgan fingerprint density at radius 1 is 0.812 bits per heavy atom. The van der Waals surface area contributed by atoms with Gasteiger partial charge in [0.1, 0.15) is 36.2 Å². The van der Waals surface area contributed by atoms with Gasteiger partial charge in [-0.2, -0.15) is 0 Å². The zero-order valence-corrected chi connectivity index (χ0v) is 31.8. The molecule has 3 rings (SSSR count). The van der Waals surface area contributed by atoms with E-state index in [-0.39, 0.29) is 5.92 Å². The van der Waals surface area contributed by atoms with Crippen LogP contribution in [0.3, 0.4) is 0 Å². The number of hydrogen-bond acceptors (Lipinski definition) is 4. The van der Waals surface area contributed by atoms with E-state index in [4.69, 9.17) is 9.47 Å². The number of phenolic OH excluding ortho intramolecular Hbond substituents is 2. The number of unbranched alkanes of at least 4 members (excludes halogenated alkanes) is 4. The Labute approximate surface area is 294 Å². The molecule has 0 saturated heterocycles. The van der Waals surface area contributed by atoms with Gasteiger partial charge in [-0.1, -0.05) is 90.0 Å². The van der Waals surface area contributed by atoms with Crippen molar-refractivity contribution in [1.82, 2.24) is 0 Å². The van der Waals surface area contributed by atoms with E-state index in [0.29, 0.717) is 48.9 Å². The molecule has 2 N–H and O–H groups in total. The summed E-state index contributed by atoms with van der Waals surface area (Å²) in [4.78, 5) is 0. The Kier molecular flexibility index (Phi) is 17.0. The van der Waals surface area contributed by atoms with E-state index in [9.17, 15) is 10.2 Å². The highest BCUT2D eigenvalue weighted by atomic mass is 16.5. The van der Waals surface area contributed by atoms with Crippen molar-refractivity contribution in [2.75, 3.05) is 13.2 Å². The summed E-state index contributed by atoms with van der Waals surface area (Å²) in [6.07, 6.45) is 19.4. The van der Waals surface area contributed by atoms with Crippen molar-refractivity contribution in [3.05, 3.63) is 69.8 Å². The first-order chi connectivity index (χ1) is 23.0. The van der Waals surface area contributed by atoms with E-state index in [1.807, 2.05) is 12.1 Å². The Morgan fingerprint density at radius 3 is 2.02 bits per heavy atom. The molecule has 3 atom stereocenters. The number of rotatable bonds is 20. The molecule has 268 valence electrons. The number of benzene rings is 2. The maximum atomic E-state index is 11.5. The fourth-order valence-electron chi connectivity index (χ4n) is 7.43. The van der Waals surface area contributed by atoms with Crippen molar-refractivity contribution in [1.29, 1.82) is 0 Å². The fourth-order valence-corrected chi connectivity index (χ4v) is 7.43. The normalized spacial score (nSPS) is 18.3. The average molecular weight is 661 g/mol. The summed E-state index contributed by atoms with van der Waals surface area (Å²) in [7, 11) is 0. The number of aromatic hydroxyl groups is 2. The predicted molar refractivity (Wildman–Crippen MR) is 204 cm³/mol. The van der Waals surface area contributed by atoms with Crippen LogP contribution in [-0.4, -0.2) is 23.4 Å². The molecule has 0 aliphatic heterocycles. The minimum absolute atomic E-state index is 0.282. The molecular weight excluding hydrogens is 592 g/mol. The van der Waals surface area contributed by atoms with Gasteiger partial charge in [0.05, 0.1) is 0 Å². The molecule has 1 saturated carbocycles. The lowest BCUT2D eigenvalue weighted by Crippen LogP contribution is -2.27. The zero-order valence-electron chi connectivity index (χ0n) is 31.8. The lowest BCUT2D eigenvalue weighted by atomic mass is 9.67. The van der Waals surface area contributed by atoms with Gasteiger partial charge >= 0.3 is 0 Å². The second kappa shape index (κ2) is 20.6. The van der Waals surface area contributed by atoms with E-state index < -0.39 is 0 Å². The van der Waals surface area contributed by atoms with Gasteiger partial charge in [0.25, 0.3) is 0 Å². The molecular formula is C44H68O4. The van der Waals surface area contributed by atoms with Crippen LogP contribution in [0.5, 0.6) is 23.0 Å². The molecule has 2 aromatic carbocycles. The smallest absolute Gasteiger partial charge is 0.126 e. The van der Waals surface area contributed by atoms with Crippen LogP contribution in [0, 0.1) is 17.8 Å². The molecule has 4 heteroatoms. The molecule has 48 heavy (non-hydrogen) atoms. The van der Waals surface area contributed by atoms with Crippen LogP contribution in [0.15, 0.2) is 47.6 Å². The molecule has 0 radical (unpaired) electrons. The monoisotopic (exact) mass is 661 g/mol. The third-order valence-corrected chi connectivity index (χ3v) is 10.3. The summed E-state index contributed by atoms with van der Waals surface area (Å²) in [6.45, 7) is 18.6. The number of hydrogen-bond donors (Lipinski definition) is 2. The van der Waals surface area contributed by atoms with Gasteiger partial charge in [-0.15, -0.1) is 0 Å². The van der Waals surface area contributed by atoms with Gasteiger partial charge in [-0.3, -0.25) is 0 Å². The van der Waals surface area contributed by atoms with E-state index in [1.54, 1.807) is 0 Å². The van der Waals surface area contributed by atoms with E-state index >= 15 is 0 Å². The lowest BCUT2D eigenvalue weighted by molar-refractivity contribution is 0.182. The first-order valence-electron chi connectivity index (χ1n) is 19.3.